The molecule has 0 saturated carbocycles. The maximum atomic E-state index is 12.6. The highest BCUT2D eigenvalue weighted by molar-refractivity contribution is 5.91. The molecule has 0 aliphatic carbocycles. The van der Waals surface area contributed by atoms with Gasteiger partial charge in [0, 0.05) is 32.3 Å². The average molecular weight is 389 g/mol. The Labute approximate surface area is 168 Å². The van der Waals surface area contributed by atoms with Gasteiger partial charge in [0.1, 0.15) is 11.4 Å². The summed E-state index contributed by atoms with van der Waals surface area (Å²) in [5, 5.41) is 0. The number of carbonyl (C=O) groups is 2. The van der Waals surface area contributed by atoms with Crippen LogP contribution in [-0.2, 0) is 9.53 Å². The van der Waals surface area contributed by atoms with Crippen molar-refractivity contribution >= 4 is 18.1 Å². The summed E-state index contributed by atoms with van der Waals surface area (Å²) >= 11 is 0. The van der Waals surface area contributed by atoms with E-state index in [1.807, 2.05) is 58.9 Å². The monoisotopic (exact) mass is 388 g/mol. The van der Waals surface area contributed by atoms with Crippen LogP contribution in [0.1, 0.15) is 46.6 Å². The molecule has 0 spiro atoms. The lowest BCUT2D eigenvalue weighted by Gasteiger charge is -2.26. The van der Waals surface area contributed by atoms with Crippen LogP contribution in [0.5, 0.6) is 5.75 Å². The number of ether oxygens (including phenoxy) is 2. The van der Waals surface area contributed by atoms with Crippen molar-refractivity contribution in [2.24, 2.45) is 0 Å². The quantitative estimate of drug-likeness (QED) is 0.733. The first kappa shape index (κ1) is 21.8. The lowest BCUT2D eigenvalue weighted by atomic mass is 10.2. The van der Waals surface area contributed by atoms with Gasteiger partial charge in [0.15, 0.2) is 0 Å². The minimum Gasteiger partial charge on any atom is -0.491 e. The normalized spacial score (nSPS) is 15.6. The van der Waals surface area contributed by atoms with Crippen LogP contribution in [0.15, 0.2) is 30.3 Å². The summed E-state index contributed by atoms with van der Waals surface area (Å²) in [4.78, 5) is 28.3. The molecule has 0 radical (unpaired) electrons. The summed E-state index contributed by atoms with van der Waals surface area (Å²) in [6, 6.07) is 7.66. The fourth-order valence-electron chi connectivity index (χ4n) is 2.88. The van der Waals surface area contributed by atoms with Crippen molar-refractivity contribution in [2.45, 2.75) is 52.7 Å². The predicted octanol–water partition coefficient (Wildman–Crippen LogP) is 3.96. The maximum Gasteiger partial charge on any atom is 0.410 e. The van der Waals surface area contributed by atoms with Gasteiger partial charge in [-0.05, 0) is 64.8 Å². The molecule has 28 heavy (non-hydrogen) atoms. The van der Waals surface area contributed by atoms with Crippen LogP contribution < -0.4 is 4.74 Å². The average Bonchev–Trinajstić information content (AvgIpc) is 2.84. The molecule has 1 aromatic rings. The molecule has 154 valence electrons. The highest BCUT2D eigenvalue weighted by Crippen LogP contribution is 2.16. The van der Waals surface area contributed by atoms with Crippen LogP contribution in [0.4, 0.5) is 4.79 Å². The van der Waals surface area contributed by atoms with Gasteiger partial charge >= 0.3 is 6.09 Å². The van der Waals surface area contributed by atoms with Crippen molar-refractivity contribution in [3.8, 4) is 5.75 Å². The van der Waals surface area contributed by atoms with E-state index in [0.717, 1.165) is 17.7 Å². The van der Waals surface area contributed by atoms with Crippen LogP contribution >= 0.6 is 0 Å². The SMILES string of the molecule is CC(C)Oc1cccc(/C=C/C(=O)N2CCCN(C(=O)OC(C)(C)C)CC2)c1. The molecule has 2 rings (SSSR count). The highest BCUT2D eigenvalue weighted by atomic mass is 16.6. The number of hydrogen-bond donors (Lipinski definition) is 0. The lowest BCUT2D eigenvalue weighted by Crippen LogP contribution is -2.39. The molecule has 0 bridgehead atoms. The van der Waals surface area contributed by atoms with Crippen molar-refractivity contribution < 1.29 is 19.1 Å². The number of rotatable bonds is 4. The zero-order valence-corrected chi connectivity index (χ0v) is 17.6. The van der Waals surface area contributed by atoms with Crippen molar-refractivity contribution in [1.82, 2.24) is 9.80 Å². The number of amides is 2. The van der Waals surface area contributed by atoms with Gasteiger partial charge in [0.25, 0.3) is 0 Å². The molecular formula is C22H32N2O4. The number of nitrogens with zero attached hydrogens (tertiary/aromatic N) is 2. The molecule has 0 unspecified atom stereocenters. The summed E-state index contributed by atoms with van der Waals surface area (Å²) in [5.74, 6) is 0.730. The van der Waals surface area contributed by atoms with Gasteiger partial charge in [-0.25, -0.2) is 4.79 Å². The fraction of sp³-hybridized carbons (Fsp3) is 0.545. The van der Waals surface area contributed by atoms with E-state index in [-0.39, 0.29) is 18.1 Å². The van der Waals surface area contributed by atoms with Crippen LogP contribution in [0, 0.1) is 0 Å². The smallest absolute Gasteiger partial charge is 0.410 e. The Kier molecular flexibility index (Phi) is 7.49. The minimum atomic E-state index is -0.518. The first-order chi connectivity index (χ1) is 13.1. The Balaban J connectivity index is 1.92. The zero-order valence-electron chi connectivity index (χ0n) is 17.6. The molecule has 1 saturated heterocycles. The van der Waals surface area contributed by atoms with Crippen molar-refractivity contribution in [3.05, 3.63) is 35.9 Å². The van der Waals surface area contributed by atoms with Crippen molar-refractivity contribution in [2.75, 3.05) is 26.2 Å². The van der Waals surface area contributed by atoms with E-state index >= 15 is 0 Å². The molecular weight excluding hydrogens is 356 g/mol. The molecule has 0 aromatic heterocycles. The summed E-state index contributed by atoms with van der Waals surface area (Å²) < 4.78 is 11.1. The van der Waals surface area contributed by atoms with Crippen molar-refractivity contribution in [1.29, 1.82) is 0 Å². The number of benzene rings is 1. The second-order valence-corrected chi connectivity index (χ2v) is 8.22. The van der Waals surface area contributed by atoms with E-state index in [4.69, 9.17) is 9.47 Å². The Morgan fingerprint density at radius 3 is 2.43 bits per heavy atom. The molecule has 1 heterocycles. The van der Waals surface area contributed by atoms with E-state index in [0.29, 0.717) is 26.2 Å². The maximum absolute atomic E-state index is 12.6. The zero-order chi connectivity index (χ0) is 20.7. The van der Waals surface area contributed by atoms with Gasteiger partial charge < -0.3 is 19.3 Å². The molecule has 1 aliphatic heterocycles. The van der Waals surface area contributed by atoms with Crippen LogP contribution in [0.2, 0.25) is 0 Å². The third kappa shape index (κ3) is 7.25. The summed E-state index contributed by atoms with van der Waals surface area (Å²) in [7, 11) is 0. The van der Waals surface area contributed by atoms with Gasteiger partial charge in [-0.2, -0.15) is 0 Å². The third-order valence-corrected chi connectivity index (χ3v) is 4.11. The van der Waals surface area contributed by atoms with E-state index in [9.17, 15) is 9.59 Å². The Hall–Kier alpha value is -2.50. The molecule has 1 aliphatic rings. The molecule has 6 nitrogen and oxygen atoms in total. The lowest BCUT2D eigenvalue weighted by molar-refractivity contribution is -0.125. The number of carbonyl (C=O) groups excluding carboxylic acids is 2. The minimum absolute atomic E-state index is 0.0544. The van der Waals surface area contributed by atoms with Crippen LogP contribution in [0.3, 0.4) is 0 Å². The first-order valence-electron chi connectivity index (χ1n) is 9.86. The topological polar surface area (TPSA) is 59.1 Å². The predicted molar refractivity (Wildman–Crippen MR) is 110 cm³/mol. The highest BCUT2D eigenvalue weighted by Gasteiger charge is 2.25. The van der Waals surface area contributed by atoms with E-state index < -0.39 is 5.60 Å². The molecule has 0 atom stereocenters. The van der Waals surface area contributed by atoms with Crippen LogP contribution in [0.25, 0.3) is 6.08 Å². The van der Waals surface area contributed by atoms with Gasteiger partial charge in [0.2, 0.25) is 5.91 Å². The number of hydrogen-bond acceptors (Lipinski definition) is 4. The fourth-order valence-corrected chi connectivity index (χ4v) is 2.88. The van der Waals surface area contributed by atoms with Gasteiger partial charge in [-0.3, -0.25) is 4.79 Å². The van der Waals surface area contributed by atoms with E-state index in [2.05, 4.69) is 0 Å². The Morgan fingerprint density at radius 2 is 1.75 bits per heavy atom. The second-order valence-electron chi connectivity index (χ2n) is 8.22. The van der Waals surface area contributed by atoms with Crippen LogP contribution in [-0.4, -0.2) is 59.7 Å². The Morgan fingerprint density at radius 1 is 1.07 bits per heavy atom. The van der Waals surface area contributed by atoms with Gasteiger partial charge in [0.05, 0.1) is 6.10 Å². The standard InChI is InChI=1S/C22H32N2O4/c1-17(2)27-19-9-6-8-18(16-19)10-11-20(25)23-12-7-13-24(15-14-23)21(26)28-22(3,4)5/h6,8-11,16-17H,7,12-15H2,1-5H3/b11-10+. The van der Waals surface area contributed by atoms with E-state index in [1.165, 1.54) is 0 Å². The summed E-state index contributed by atoms with van der Waals surface area (Å²) in [6.07, 6.45) is 3.89. The van der Waals surface area contributed by atoms with Gasteiger partial charge in [-0.15, -0.1) is 0 Å². The summed E-state index contributed by atoms with van der Waals surface area (Å²) in [6.45, 7) is 11.7. The molecule has 1 fully saturated rings. The molecule has 0 N–H and O–H groups in total. The summed E-state index contributed by atoms with van der Waals surface area (Å²) in [5.41, 5.74) is 0.395. The molecule has 1 aromatic carbocycles. The molecule has 6 heteroatoms. The van der Waals surface area contributed by atoms with Crippen molar-refractivity contribution in [3.63, 3.8) is 0 Å². The van der Waals surface area contributed by atoms with Gasteiger partial charge in [-0.1, -0.05) is 12.1 Å². The Bertz CT molecular complexity index is 707. The molecule has 2 amide bonds. The van der Waals surface area contributed by atoms with E-state index in [1.54, 1.807) is 22.0 Å². The second kappa shape index (κ2) is 9.62. The largest absolute Gasteiger partial charge is 0.491 e. The third-order valence-electron chi connectivity index (χ3n) is 4.11. The first-order valence-corrected chi connectivity index (χ1v) is 9.86.